The van der Waals surface area contributed by atoms with Crippen LogP contribution in [0.1, 0.15) is 16.7 Å². The van der Waals surface area contributed by atoms with Crippen molar-refractivity contribution in [3.8, 4) is 28.7 Å². The number of rotatable bonds is 9. The van der Waals surface area contributed by atoms with Crippen molar-refractivity contribution in [1.29, 1.82) is 0 Å². The third kappa shape index (κ3) is 5.89. The lowest BCUT2D eigenvalue weighted by atomic mass is 10.1. The van der Waals surface area contributed by atoms with Gasteiger partial charge in [0.15, 0.2) is 11.5 Å². The van der Waals surface area contributed by atoms with Crippen LogP contribution in [-0.4, -0.2) is 39.5 Å². The first-order valence-electron chi connectivity index (χ1n) is 10.4. The molecule has 3 aromatic rings. The molecule has 0 spiro atoms. The lowest BCUT2D eigenvalue weighted by Gasteiger charge is -2.13. The van der Waals surface area contributed by atoms with Crippen molar-refractivity contribution in [1.82, 2.24) is 0 Å². The highest BCUT2D eigenvalue weighted by molar-refractivity contribution is 6.03. The van der Waals surface area contributed by atoms with Gasteiger partial charge in [0.05, 0.1) is 34.1 Å². The van der Waals surface area contributed by atoms with Crippen LogP contribution in [0.5, 0.6) is 28.7 Å². The predicted molar refractivity (Wildman–Crippen MR) is 134 cm³/mol. The molecule has 176 valence electrons. The van der Waals surface area contributed by atoms with Gasteiger partial charge in [-0.25, -0.2) is 0 Å². The monoisotopic (exact) mass is 461 g/mol. The van der Waals surface area contributed by atoms with Crippen molar-refractivity contribution in [2.24, 2.45) is 0 Å². The summed E-state index contributed by atoms with van der Waals surface area (Å²) >= 11 is 0. The smallest absolute Gasteiger partial charge is 0.248 e. The second kappa shape index (κ2) is 11.5. The first-order valence-corrected chi connectivity index (χ1v) is 10.4. The summed E-state index contributed by atoms with van der Waals surface area (Å²) in [6.45, 7) is 0. The Labute approximate surface area is 198 Å². The number of amides is 1. The number of methoxy groups -OCH3 is 4. The molecule has 0 fully saturated rings. The number of carbonyl (C=O) groups is 1. The van der Waals surface area contributed by atoms with Gasteiger partial charge < -0.3 is 29.4 Å². The van der Waals surface area contributed by atoms with Crippen molar-refractivity contribution in [3.63, 3.8) is 0 Å². The molecule has 2 N–H and O–H groups in total. The Hall–Kier alpha value is -4.39. The van der Waals surface area contributed by atoms with E-state index < -0.39 is 0 Å². The molecule has 0 unspecified atom stereocenters. The molecule has 0 aromatic heterocycles. The maximum absolute atomic E-state index is 12.5. The van der Waals surface area contributed by atoms with Gasteiger partial charge in [0.2, 0.25) is 11.7 Å². The molecule has 3 rings (SSSR count). The van der Waals surface area contributed by atoms with Gasteiger partial charge in [-0.15, -0.1) is 0 Å². The molecule has 0 atom stereocenters. The van der Waals surface area contributed by atoms with Crippen molar-refractivity contribution in [2.75, 3.05) is 33.8 Å². The van der Waals surface area contributed by atoms with E-state index in [1.54, 1.807) is 63.8 Å². The SMILES string of the molecule is COc1ccc(C=Cc2cc(OC)c(OC)c(OC)c2)cc1NC(=O)/C=C/c1ccccc1O. The molecule has 0 aliphatic heterocycles. The summed E-state index contributed by atoms with van der Waals surface area (Å²) in [5.74, 6) is 1.90. The van der Waals surface area contributed by atoms with Crippen LogP contribution >= 0.6 is 0 Å². The van der Waals surface area contributed by atoms with E-state index in [1.165, 1.54) is 13.2 Å². The predicted octanol–water partition coefficient (Wildman–Crippen LogP) is 5.25. The summed E-state index contributed by atoms with van der Waals surface area (Å²) in [7, 11) is 6.22. The minimum Gasteiger partial charge on any atom is -0.507 e. The van der Waals surface area contributed by atoms with Crippen LogP contribution in [0.2, 0.25) is 0 Å². The maximum atomic E-state index is 12.5. The third-order valence-corrected chi connectivity index (χ3v) is 4.99. The molecule has 0 aliphatic rings. The highest BCUT2D eigenvalue weighted by atomic mass is 16.5. The molecule has 34 heavy (non-hydrogen) atoms. The molecule has 0 saturated carbocycles. The minimum atomic E-state index is -0.354. The minimum absolute atomic E-state index is 0.100. The van der Waals surface area contributed by atoms with Crippen LogP contribution in [0.25, 0.3) is 18.2 Å². The highest BCUT2D eigenvalue weighted by Crippen LogP contribution is 2.38. The Morgan fingerprint density at radius 1 is 0.765 bits per heavy atom. The molecule has 7 heteroatoms. The molecule has 0 radical (unpaired) electrons. The van der Waals surface area contributed by atoms with Crippen LogP contribution in [0.4, 0.5) is 5.69 Å². The Morgan fingerprint density at radius 2 is 1.41 bits per heavy atom. The molecule has 0 aliphatic carbocycles. The van der Waals surface area contributed by atoms with Crippen molar-refractivity contribution in [2.45, 2.75) is 0 Å². The number of nitrogens with one attached hydrogen (secondary N) is 1. The second-order valence-corrected chi connectivity index (χ2v) is 7.13. The van der Waals surface area contributed by atoms with Gasteiger partial charge in [0.25, 0.3) is 0 Å². The third-order valence-electron chi connectivity index (χ3n) is 4.99. The van der Waals surface area contributed by atoms with Crippen LogP contribution in [0.3, 0.4) is 0 Å². The van der Waals surface area contributed by atoms with Crippen molar-refractivity contribution >= 4 is 29.8 Å². The van der Waals surface area contributed by atoms with Gasteiger partial charge in [-0.3, -0.25) is 4.79 Å². The van der Waals surface area contributed by atoms with E-state index in [-0.39, 0.29) is 11.7 Å². The fraction of sp³-hybridized carbons (Fsp3) is 0.148. The first-order chi connectivity index (χ1) is 16.5. The zero-order valence-electron chi connectivity index (χ0n) is 19.5. The van der Waals surface area contributed by atoms with Crippen LogP contribution in [-0.2, 0) is 4.79 Å². The molecular formula is C27H27NO6. The number of phenolic OH excluding ortho intramolecular Hbond substituents is 1. The second-order valence-electron chi connectivity index (χ2n) is 7.13. The van der Waals surface area contributed by atoms with Gasteiger partial charge >= 0.3 is 0 Å². The van der Waals surface area contributed by atoms with Crippen LogP contribution < -0.4 is 24.3 Å². The first kappa shape index (κ1) is 24.3. The van der Waals surface area contributed by atoms with Crippen LogP contribution in [0.15, 0.2) is 60.7 Å². The van der Waals surface area contributed by atoms with E-state index >= 15 is 0 Å². The summed E-state index contributed by atoms with van der Waals surface area (Å²) in [6.07, 6.45) is 6.70. The largest absolute Gasteiger partial charge is 0.507 e. The Kier molecular flexibility index (Phi) is 8.18. The number of benzene rings is 3. The summed E-state index contributed by atoms with van der Waals surface area (Å²) in [5, 5.41) is 12.7. The maximum Gasteiger partial charge on any atom is 0.248 e. The number of phenols is 1. The lowest BCUT2D eigenvalue weighted by molar-refractivity contribution is -0.111. The zero-order valence-corrected chi connectivity index (χ0v) is 19.5. The molecule has 7 nitrogen and oxygen atoms in total. The number of ether oxygens (including phenoxy) is 4. The van der Waals surface area contributed by atoms with Crippen LogP contribution in [0, 0.1) is 0 Å². The normalized spacial score (nSPS) is 10.9. The summed E-state index contributed by atoms with van der Waals surface area (Å²) in [4.78, 5) is 12.5. The lowest BCUT2D eigenvalue weighted by Crippen LogP contribution is -2.09. The fourth-order valence-corrected chi connectivity index (χ4v) is 3.29. The van der Waals surface area contributed by atoms with E-state index in [1.807, 2.05) is 30.4 Å². The summed E-state index contributed by atoms with van der Waals surface area (Å²) < 4.78 is 21.5. The fourth-order valence-electron chi connectivity index (χ4n) is 3.29. The number of hydrogen-bond acceptors (Lipinski definition) is 6. The average molecular weight is 462 g/mol. The standard InChI is InChI=1S/C27H27NO6/c1-31-23-13-11-18(9-10-19-16-24(32-2)27(34-4)25(17-19)33-3)15-21(23)28-26(30)14-12-20-7-5-6-8-22(20)29/h5-17,29H,1-4H3,(H,28,30)/b10-9?,14-12+. The summed E-state index contributed by atoms with van der Waals surface area (Å²) in [6, 6.07) is 15.9. The molecule has 1 amide bonds. The average Bonchev–Trinajstić information content (AvgIpc) is 2.86. The number of carbonyl (C=O) groups excluding carboxylic acids is 1. The van der Waals surface area contributed by atoms with Crippen molar-refractivity contribution < 1.29 is 28.8 Å². The molecule has 0 heterocycles. The molecule has 0 saturated heterocycles. The topological polar surface area (TPSA) is 86.3 Å². The quantitative estimate of drug-likeness (QED) is 0.334. The number of anilines is 1. The highest BCUT2D eigenvalue weighted by Gasteiger charge is 2.12. The molecular weight excluding hydrogens is 434 g/mol. The number of aromatic hydroxyl groups is 1. The van der Waals surface area contributed by atoms with E-state index in [4.69, 9.17) is 18.9 Å². The Bertz CT molecular complexity index is 1190. The van der Waals surface area contributed by atoms with Gasteiger partial charge in [-0.2, -0.15) is 0 Å². The van der Waals surface area contributed by atoms with Gasteiger partial charge in [0, 0.05) is 11.6 Å². The van der Waals surface area contributed by atoms with E-state index in [0.717, 1.165) is 11.1 Å². The van der Waals surface area contributed by atoms with E-state index in [2.05, 4.69) is 5.32 Å². The Balaban J connectivity index is 1.82. The van der Waals surface area contributed by atoms with Gasteiger partial charge in [-0.1, -0.05) is 36.4 Å². The zero-order chi connectivity index (χ0) is 24.5. The molecule has 3 aromatic carbocycles. The van der Waals surface area contributed by atoms with Gasteiger partial charge in [-0.05, 0) is 47.5 Å². The molecule has 0 bridgehead atoms. The van der Waals surface area contributed by atoms with E-state index in [9.17, 15) is 9.90 Å². The van der Waals surface area contributed by atoms with E-state index in [0.29, 0.717) is 34.2 Å². The number of hydrogen-bond donors (Lipinski definition) is 2. The van der Waals surface area contributed by atoms with Gasteiger partial charge in [0.1, 0.15) is 11.5 Å². The number of para-hydroxylation sites is 1. The summed E-state index contributed by atoms with van der Waals surface area (Å²) in [5.41, 5.74) is 2.75. The van der Waals surface area contributed by atoms with Crippen molar-refractivity contribution in [3.05, 3.63) is 77.4 Å². The Morgan fingerprint density at radius 3 is 2.03 bits per heavy atom.